The molecule has 3 aromatic rings. The molecule has 112 valence electrons. The third kappa shape index (κ3) is 2.80. The summed E-state index contributed by atoms with van der Waals surface area (Å²) in [6.45, 7) is 0. The number of para-hydroxylation sites is 1. The van der Waals surface area contributed by atoms with Crippen molar-refractivity contribution >= 4 is 33.0 Å². The summed E-state index contributed by atoms with van der Waals surface area (Å²) in [7, 11) is 0. The van der Waals surface area contributed by atoms with Crippen LogP contribution in [0.1, 0.15) is 21.3 Å². The molecule has 0 saturated heterocycles. The molecule has 23 heavy (non-hydrogen) atoms. The van der Waals surface area contributed by atoms with Crippen LogP contribution in [0.15, 0.2) is 48.5 Å². The number of ketones is 1. The molecule has 3 rings (SSSR count). The minimum Gasteiger partial charge on any atom is -0.292 e. The van der Waals surface area contributed by atoms with Gasteiger partial charge in [0.2, 0.25) is 0 Å². The molecule has 0 saturated carbocycles. The number of rotatable bonds is 4. The molecule has 1 aromatic heterocycles. The van der Waals surface area contributed by atoms with E-state index in [1.54, 1.807) is 0 Å². The highest BCUT2D eigenvalue weighted by Crippen LogP contribution is 2.30. The molecule has 0 fully saturated rings. The van der Waals surface area contributed by atoms with Gasteiger partial charge in [0.1, 0.15) is 5.01 Å². The summed E-state index contributed by atoms with van der Waals surface area (Å²) in [6.07, 6.45) is 0. The van der Waals surface area contributed by atoms with E-state index in [4.69, 9.17) is 0 Å². The van der Waals surface area contributed by atoms with Crippen molar-refractivity contribution in [2.45, 2.75) is 5.92 Å². The van der Waals surface area contributed by atoms with Crippen LogP contribution >= 0.6 is 11.3 Å². The summed E-state index contributed by atoms with van der Waals surface area (Å²) >= 11 is 1.28. The molecular weight excluding hydrogens is 314 g/mol. The molecular formula is C16H9N3O3S. The molecule has 0 aliphatic heterocycles. The molecule has 2 aromatic carbocycles. The number of fused-ring (bicyclic) bond motifs is 1. The SMILES string of the molecule is N#C[C@@H](C(=O)c1cccc([N+](=O)[O-])c1)c1nc2ccccc2s1. The second kappa shape index (κ2) is 5.94. The van der Waals surface area contributed by atoms with E-state index in [1.165, 1.54) is 35.6 Å². The molecule has 0 spiro atoms. The Morgan fingerprint density at radius 2 is 2.04 bits per heavy atom. The van der Waals surface area contributed by atoms with E-state index in [0.717, 1.165) is 10.2 Å². The van der Waals surface area contributed by atoms with E-state index in [9.17, 15) is 20.2 Å². The van der Waals surface area contributed by atoms with Gasteiger partial charge in [0.15, 0.2) is 11.7 Å². The van der Waals surface area contributed by atoms with Gasteiger partial charge in [0.05, 0.1) is 21.2 Å². The van der Waals surface area contributed by atoms with Crippen molar-refractivity contribution in [2.75, 3.05) is 0 Å². The van der Waals surface area contributed by atoms with Gasteiger partial charge < -0.3 is 0 Å². The number of nitro benzene ring substituents is 1. The number of nitrogens with zero attached hydrogens (tertiary/aromatic N) is 3. The molecule has 0 amide bonds. The van der Waals surface area contributed by atoms with E-state index in [0.29, 0.717) is 5.01 Å². The number of Topliss-reactive ketones (excluding diaryl/α,β-unsaturated/α-hetero) is 1. The maximum atomic E-state index is 12.5. The van der Waals surface area contributed by atoms with Gasteiger partial charge >= 0.3 is 0 Å². The minimum atomic E-state index is -1.07. The first-order valence-corrected chi connectivity index (χ1v) is 7.45. The Kier molecular flexibility index (Phi) is 3.83. The van der Waals surface area contributed by atoms with Crippen molar-refractivity contribution in [3.8, 4) is 6.07 Å². The summed E-state index contributed by atoms with van der Waals surface area (Å²) in [6, 6.07) is 14.7. The number of carbonyl (C=O) groups is 1. The average Bonchev–Trinajstić information content (AvgIpc) is 2.99. The number of non-ortho nitro benzene ring substituents is 1. The lowest BCUT2D eigenvalue weighted by Gasteiger charge is -2.04. The first kappa shape index (κ1) is 14.8. The second-order valence-corrected chi connectivity index (χ2v) is 5.82. The lowest BCUT2D eigenvalue weighted by atomic mass is 9.99. The Labute approximate surface area is 134 Å². The zero-order chi connectivity index (χ0) is 16.4. The topological polar surface area (TPSA) is 96.9 Å². The maximum Gasteiger partial charge on any atom is 0.270 e. The van der Waals surface area contributed by atoms with Crippen LogP contribution in [0.2, 0.25) is 0 Å². The van der Waals surface area contributed by atoms with Crippen LogP contribution in [0.4, 0.5) is 5.69 Å². The fourth-order valence-electron chi connectivity index (χ4n) is 2.18. The lowest BCUT2D eigenvalue weighted by molar-refractivity contribution is -0.384. The Morgan fingerprint density at radius 1 is 1.26 bits per heavy atom. The third-order valence-electron chi connectivity index (χ3n) is 3.29. The van der Waals surface area contributed by atoms with Gasteiger partial charge in [-0.15, -0.1) is 11.3 Å². The van der Waals surface area contributed by atoms with Crippen molar-refractivity contribution in [2.24, 2.45) is 0 Å². The fraction of sp³-hybridized carbons (Fsp3) is 0.0625. The van der Waals surface area contributed by atoms with Crippen molar-refractivity contribution < 1.29 is 9.72 Å². The van der Waals surface area contributed by atoms with Gasteiger partial charge in [-0.25, -0.2) is 4.98 Å². The summed E-state index contributed by atoms with van der Waals surface area (Å²) in [4.78, 5) is 27.1. The van der Waals surface area contributed by atoms with Gasteiger partial charge in [-0.2, -0.15) is 5.26 Å². The van der Waals surface area contributed by atoms with Gasteiger partial charge in [-0.05, 0) is 12.1 Å². The van der Waals surface area contributed by atoms with Crippen LogP contribution in [0.5, 0.6) is 0 Å². The van der Waals surface area contributed by atoms with Gasteiger partial charge in [-0.3, -0.25) is 14.9 Å². The quantitative estimate of drug-likeness (QED) is 0.414. The predicted octanol–water partition coefficient (Wildman–Crippen LogP) is 3.69. The van der Waals surface area contributed by atoms with E-state index in [-0.39, 0.29) is 11.3 Å². The molecule has 0 unspecified atom stereocenters. The standard InChI is InChI=1S/C16H9N3O3S/c17-9-12(16-18-13-6-1-2-7-14(13)23-16)15(20)10-4-3-5-11(8-10)19(21)22/h1-8,12H/t12-/m0/s1. The van der Waals surface area contributed by atoms with Gasteiger partial charge in [0, 0.05) is 17.7 Å². The number of benzene rings is 2. The number of aromatic nitrogens is 1. The van der Waals surface area contributed by atoms with Crippen molar-refractivity contribution in [3.63, 3.8) is 0 Å². The molecule has 1 atom stereocenters. The Morgan fingerprint density at radius 3 is 2.74 bits per heavy atom. The monoisotopic (exact) mass is 323 g/mol. The number of nitriles is 1. The van der Waals surface area contributed by atoms with Crippen molar-refractivity contribution in [1.29, 1.82) is 5.26 Å². The molecule has 6 nitrogen and oxygen atoms in total. The predicted molar refractivity (Wildman–Crippen MR) is 85.4 cm³/mol. The zero-order valence-corrected chi connectivity index (χ0v) is 12.5. The van der Waals surface area contributed by atoms with Crippen LogP contribution < -0.4 is 0 Å². The summed E-state index contributed by atoms with van der Waals surface area (Å²) in [5.74, 6) is -1.57. The van der Waals surface area contributed by atoms with Crippen molar-refractivity contribution in [3.05, 3.63) is 69.2 Å². The third-order valence-corrected chi connectivity index (χ3v) is 4.39. The summed E-state index contributed by atoms with van der Waals surface area (Å²) < 4.78 is 0.884. The first-order valence-electron chi connectivity index (χ1n) is 6.64. The molecule has 0 aliphatic rings. The van der Waals surface area contributed by atoms with Crippen LogP contribution in [-0.4, -0.2) is 15.7 Å². The van der Waals surface area contributed by atoms with E-state index in [1.807, 2.05) is 30.3 Å². The fourth-order valence-corrected chi connectivity index (χ4v) is 3.19. The summed E-state index contributed by atoms with van der Waals surface area (Å²) in [5.41, 5.74) is 0.668. The highest BCUT2D eigenvalue weighted by atomic mass is 32.1. The number of nitro groups is 1. The number of thiazole rings is 1. The molecule has 0 N–H and O–H groups in total. The largest absolute Gasteiger partial charge is 0.292 e. The zero-order valence-electron chi connectivity index (χ0n) is 11.7. The molecule has 0 aliphatic carbocycles. The van der Waals surface area contributed by atoms with Gasteiger partial charge in [-0.1, -0.05) is 24.3 Å². The summed E-state index contributed by atoms with van der Waals surface area (Å²) in [5, 5.41) is 20.6. The first-order chi connectivity index (χ1) is 11.1. The average molecular weight is 323 g/mol. The van der Waals surface area contributed by atoms with Crippen LogP contribution in [-0.2, 0) is 0 Å². The number of hydrogen-bond donors (Lipinski definition) is 0. The second-order valence-electron chi connectivity index (χ2n) is 4.75. The van der Waals surface area contributed by atoms with E-state index < -0.39 is 16.6 Å². The normalized spacial score (nSPS) is 11.8. The Bertz CT molecular complexity index is 925. The smallest absolute Gasteiger partial charge is 0.270 e. The minimum absolute atomic E-state index is 0.130. The van der Waals surface area contributed by atoms with E-state index >= 15 is 0 Å². The molecule has 7 heteroatoms. The van der Waals surface area contributed by atoms with Gasteiger partial charge in [0.25, 0.3) is 5.69 Å². The lowest BCUT2D eigenvalue weighted by Crippen LogP contribution is -2.11. The highest BCUT2D eigenvalue weighted by molar-refractivity contribution is 7.18. The van der Waals surface area contributed by atoms with E-state index in [2.05, 4.69) is 4.98 Å². The Hall–Kier alpha value is -3.11. The van der Waals surface area contributed by atoms with Crippen molar-refractivity contribution in [1.82, 2.24) is 4.98 Å². The molecule has 1 heterocycles. The van der Waals surface area contributed by atoms with Crippen LogP contribution in [0.3, 0.4) is 0 Å². The molecule has 0 bridgehead atoms. The maximum absolute atomic E-state index is 12.5. The number of hydrogen-bond acceptors (Lipinski definition) is 6. The molecule has 0 radical (unpaired) electrons. The number of carbonyl (C=O) groups excluding carboxylic acids is 1. The van der Waals surface area contributed by atoms with Crippen LogP contribution in [0, 0.1) is 21.4 Å². The Balaban J connectivity index is 2.00. The van der Waals surface area contributed by atoms with Crippen LogP contribution in [0.25, 0.3) is 10.2 Å². The highest BCUT2D eigenvalue weighted by Gasteiger charge is 2.26.